The number of ketones is 1. The van der Waals surface area contributed by atoms with Crippen LogP contribution in [0.15, 0.2) is 32.1 Å². The summed E-state index contributed by atoms with van der Waals surface area (Å²) in [6, 6.07) is 2.46. The smallest absolute Gasteiger partial charge is 0.407 e. The lowest BCUT2D eigenvalue weighted by Crippen LogP contribution is -2.09. The third kappa shape index (κ3) is 1.75. The summed E-state index contributed by atoms with van der Waals surface area (Å²) in [4.78, 5) is 24.3. The molecular weight excluding hydrogens is 291 g/mol. The molecule has 0 atom stereocenters. The van der Waals surface area contributed by atoms with Crippen molar-refractivity contribution in [2.45, 2.75) is 18.8 Å². The van der Waals surface area contributed by atoms with Crippen molar-refractivity contribution in [1.29, 1.82) is 0 Å². The average molecular weight is 302 g/mol. The van der Waals surface area contributed by atoms with Crippen LogP contribution in [0.2, 0.25) is 0 Å². The molecule has 0 N–H and O–H groups in total. The van der Waals surface area contributed by atoms with Gasteiger partial charge in [0, 0.05) is 13.0 Å². The topological polar surface area (TPSA) is 78.2 Å². The van der Waals surface area contributed by atoms with Gasteiger partial charge in [0.05, 0.1) is 17.3 Å². The Morgan fingerprint density at radius 2 is 2.14 bits per heavy atom. The van der Waals surface area contributed by atoms with Crippen molar-refractivity contribution in [3.63, 3.8) is 0 Å². The summed E-state index contributed by atoms with van der Waals surface area (Å²) < 4.78 is 25.1. The van der Waals surface area contributed by atoms with Crippen LogP contribution in [-0.2, 0) is 7.05 Å². The van der Waals surface area contributed by atoms with E-state index in [1.165, 1.54) is 19.3 Å². The summed E-state index contributed by atoms with van der Waals surface area (Å²) >= 11 is 0. The highest BCUT2D eigenvalue weighted by atomic mass is 19.1. The van der Waals surface area contributed by atoms with Crippen molar-refractivity contribution in [1.82, 2.24) is 9.72 Å². The first-order valence-corrected chi connectivity index (χ1v) is 6.85. The van der Waals surface area contributed by atoms with Gasteiger partial charge in [-0.25, -0.2) is 9.18 Å². The van der Waals surface area contributed by atoms with Gasteiger partial charge in [-0.15, -0.1) is 0 Å². The summed E-state index contributed by atoms with van der Waals surface area (Å²) in [5, 5.41) is 3.68. The van der Waals surface area contributed by atoms with Gasteiger partial charge < -0.3 is 8.94 Å². The fourth-order valence-corrected chi connectivity index (χ4v) is 2.59. The van der Waals surface area contributed by atoms with Crippen molar-refractivity contribution in [3.8, 4) is 0 Å². The Hall–Kier alpha value is -2.70. The van der Waals surface area contributed by atoms with E-state index in [9.17, 15) is 14.0 Å². The normalized spacial score (nSPS) is 14.6. The standard InChI is InChI=1S/C15H11FN2O4/c1-18-11-10(16)5-4-8(14(11)21-15(18)20)12(19)9-6-17-22-13(9)7-2-3-7/h4-7H,2-3H2,1H3. The highest BCUT2D eigenvalue weighted by Gasteiger charge is 2.33. The number of oxazole rings is 1. The third-order valence-electron chi connectivity index (χ3n) is 3.92. The minimum atomic E-state index is -0.720. The quantitative estimate of drug-likeness (QED) is 0.694. The Morgan fingerprint density at radius 3 is 2.86 bits per heavy atom. The van der Waals surface area contributed by atoms with Crippen molar-refractivity contribution in [2.24, 2.45) is 7.05 Å². The van der Waals surface area contributed by atoms with E-state index in [2.05, 4.69) is 5.16 Å². The summed E-state index contributed by atoms with van der Waals surface area (Å²) in [6.07, 6.45) is 3.26. The molecule has 0 bridgehead atoms. The van der Waals surface area contributed by atoms with Crippen LogP contribution in [0.1, 0.15) is 40.4 Å². The van der Waals surface area contributed by atoms with Gasteiger partial charge in [-0.3, -0.25) is 9.36 Å². The second kappa shape index (κ2) is 4.40. The van der Waals surface area contributed by atoms with Gasteiger partial charge in [0.25, 0.3) is 0 Å². The number of halogens is 1. The van der Waals surface area contributed by atoms with Gasteiger partial charge in [-0.2, -0.15) is 0 Å². The lowest BCUT2D eigenvalue weighted by atomic mass is 10.0. The lowest BCUT2D eigenvalue weighted by molar-refractivity contribution is 0.103. The lowest BCUT2D eigenvalue weighted by Gasteiger charge is -2.02. The number of carbonyl (C=O) groups excluding carboxylic acids is 1. The van der Waals surface area contributed by atoms with Crippen LogP contribution in [-0.4, -0.2) is 15.5 Å². The molecule has 4 rings (SSSR count). The fourth-order valence-electron chi connectivity index (χ4n) is 2.59. The minimum Gasteiger partial charge on any atom is -0.407 e. The van der Waals surface area contributed by atoms with Gasteiger partial charge in [-0.05, 0) is 25.0 Å². The van der Waals surface area contributed by atoms with Gasteiger partial charge in [-0.1, -0.05) is 5.16 Å². The zero-order valence-electron chi connectivity index (χ0n) is 11.6. The summed E-state index contributed by atoms with van der Waals surface area (Å²) in [5.74, 6) is -0.974. The van der Waals surface area contributed by atoms with E-state index in [1.54, 1.807) is 0 Å². The molecule has 1 aromatic carbocycles. The number of aromatic nitrogens is 2. The molecule has 22 heavy (non-hydrogen) atoms. The molecule has 7 heteroatoms. The molecule has 2 heterocycles. The Bertz CT molecular complexity index is 962. The van der Waals surface area contributed by atoms with E-state index >= 15 is 0 Å². The maximum Gasteiger partial charge on any atom is 0.419 e. The van der Waals surface area contributed by atoms with E-state index in [0.717, 1.165) is 23.5 Å². The Kier molecular flexibility index (Phi) is 2.60. The molecule has 2 aromatic heterocycles. The number of benzene rings is 1. The van der Waals surface area contributed by atoms with Crippen LogP contribution in [0.5, 0.6) is 0 Å². The van der Waals surface area contributed by atoms with Crippen molar-refractivity contribution >= 4 is 16.9 Å². The maximum absolute atomic E-state index is 13.9. The Labute approximate surface area is 123 Å². The van der Waals surface area contributed by atoms with Crippen LogP contribution in [0.3, 0.4) is 0 Å². The number of nitrogens with zero attached hydrogens (tertiary/aromatic N) is 2. The van der Waals surface area contributed by atoms with E-state index in [4.69, 9.17) is 8.94 Å². The first-order chi connectivity index (χ1) is 10.6. The number of carbonyl (C=O) groups is 1. The minimum absolute atomic E-state index is 0.0275. The van der Waals surface area contributed by atoms with E-state index in [0.29, 0.717) is 11.3 Å². The van der Waals surface area contributed by atoms with E-state index in [-0.39, 0.29) is 28.4 Å². The van der Waals surface area contributed by atoms with Crippen LogP contribution in [0, 0.1) is 5.82 Å². The zero-order valence-corrected chi connectivity index (χ0v) is 11.6. The van der Waals surface area contributed by atoms with Crippen molar-refractivity contribution in [3.05, 3.63) is 51.6 Å². The summed E-state index contributed by atoms with van der Waals surface area (Å²) in [7, 11) is 1.39. The molecule has 6 nitrogen and oxygen atoms in total. The van der Waals surface area contributed by atoms with E-state index < -0.39 is 11.6 Å². The molecule has 1 saturated carbocycles. The molecule has 0 radical (unpaired) electrons. The highest BCUT2D eigenvalue weighted by molar-refractivity contribution is 6.15. The predicted molar refractivity (Wildman–Crippen MR) is 73.3 cm³/mol. The van der Waals surface area contributed by atoms with Gasteiger partial charge >= 0.3 is 5.76 Å². The molecule has 3 aromatic rings. The molecule has 0 saturated heterocycles. The monoisotopic (exact) mass is 302 g/mol. The fraction of sp³-hybridized carbons (Fsp3) is 0.267. The average Bonchev–Trinajstić information content (AvgIpc) is 3.14. The largest absolute Gasteiger partial charge is 0.419 e. The molecule has 112 valence electrons. The molecule has 1 aliphatic rings. The van der Waals surface area contributed by atoms with Crippen LogP contribution in [0.4, 0.5) is 4.39 Å². The summed E-state index contributed by atoms with van der Waals surface area (Å²) in [5.41, 5.74) is 0.377. The number of hydrogen-bond acceptors (Lipinski definition) is 5. The predicted octanol–water partition coefficient (Wildman–Crippen LogP) is 2.37. The number of aryl methyl sites for hydroxylation is 1. The van der Waals surface area contributed by atoms with Crippen LogP contribution >= 0.6 is 0 Å². The molecule has 0 aliphatic heterocycles. The molecule has 1 fully saturated rings. The first-order valence-electron chi connectivity index (χ1n) is 6.85. The Morgan fingerprint density at radius 1 is 1.36 bits per heavy atom. The maximum atomic E-state index is 13.9. The van der Waals surface area contributed by atoms with Crippen LogP contribution in [0.25, 0.3) is 11.1 Å². The van der Waals surface area contributed by atoms with E-state index in [1.807, 2.05) is 0 Å². The second-order valence-electron chi connectivity index (χ2n) is 5.41. The molecule has 1 aliphatic carbocycles. The summed E-state index contributed by atoms with van der Waals surface area (Å²) in [6.45, 7) is 0. The zero-order chi connectivity index (χ0) is 15.4. The van der Waals surface area contributed by atoms with Gasteiger partial charge in [0.1, 0.15) is 5.52 Å². The number of hydrogen-bond donors (Lipinski definition) is 0. The van der Waals surface area contributed by atoms with Crippen molar-refractivity contribution in [2.75, 3.05) is 0 Å². The third-order valence-corrected chi connectivity index (χ3v) is 3.92. The molecular formula is C15H11FN2O4. The van der Waals surface area contributed by atoms with Crippen molar-refractivity contribution < 1.29 is 18.1 Å². The SMILES string of the molecule is Cn1c(=O)oc2c(C(=O)c3cnoc3C3CC3)ccc(F)c21. The molecule has 0 unspecified atom stereocenters. The first kappa shape index (κ1) is 13.0. The Balaban J connectivity index is 1.92. The molecule has 0 amide bonds. The second-order valence-corrected chi connectivity index (χ2v) is 5.41. The van der Waals surface area contributed by atoms with Crippen LogP contribution < -0.4 is 5.76 Å². The number of rotatable bonds is 3. The highest BCUT2D eigenvalue weighted by Crippen LogP contribution is 2.42. The van der Waals surface area contributed by atoms with Gasteiger partial charge in [0.15, 0.2) is 17.2 Å². The number of fused-ring (bicyclic) bond motifs is 1. The van der Waals surface area contributed by atoms with Gasteiger partial charge in [0.2, 0.25) is 5.78 Å². The molecule has 0 spiro atoms.